The first-order chi connectivity index (χ1) is 64.4. The number of benzene rings is 17. The van der Waals surface area contributed by atoms with Crippen LogP contribution >= 0.6 is 0 Å². The predicted molar refractivity (Wildman–Crippen MR) is 525 cm³/mol. The van der Waals surface area contributed by atoms with E-state index in [9.17, 15) is 15.8 Å². The summed E-state index contributed by atoms with van der Waals surface area (Å²) in [6.45, 7) is 26.4. The Kier molecular flexibility index (Phi) is 20.2. The van der Waals surface area contributed by atoms with Crippen molar-refractivity contribution in [2.24, 2.45) is 0 Å². The standard InChI is InChI=1S/C51H38N2.C46H31NO.C18N12/c1-51(2)47-19-11-9-17-43(47)44-31-30-42(34-48(44)51)52(40-26-21-36(22-27-40)35-13-5-3-6-14-35)41-28-23-37(24-29-41)38-25-32-50-46(33-38)45-18-10-12-20-49(45)53(50)39-15-7-4-8-16-39;1-4-13-32(14-5-1)34-23-27-38(28-24-34)47(39-29-25-35(26-30-39)33-15-6-2-7-16-33)43-22-12-21-41-44-40-20-11-10-19-37(40)31-42(46(44)48-45(41)43)36-17-8-3-9-18-36;1-22-16-9(6-21)27-12-10-11(26-8(5-20)7(4-19)25-10)14-15(13(12)28-16)30-18(24-3)17(23-2)29-14/h3-34H,1-2H3;1-31H;. The van der Waals surface area contributed by atoms with E-state index in [4.69, 9.17) is 24.1 Å². The van der Waals surface area contributed by atoms with Crippen molar-refractivity contribution in [1.82, 2.24) is 34.5 Å². The van der Waals surface area contributed by atoms with Gasteiger partial charge in [-0.2, -0.15) is 15.8 Å². The van der Waals surface area contributed by atoms with Gasteiger partial charge in [0.15, 0.2) is 22.7 Å². The van der Waals surface area contributed by atoms with Crippen LogP contribution in [0.25, 0.3) is 175 Å². The lowest BCUT2D eigenvalue weighted by atomic mass is 9.82. The fourth-order valence-electron chi connectivity index (χ4n) is 18.2. The number of furan rings is 1. The van der Waals surface area contributed by atoms with E-state index in [2.05, 4.69) is 455 Å². The molecule has 0 spiro atoms. The smallest absolute Gasteiger partial charge is 0.307 e. The molecule has 22 aromatic rings. The Morgan fingerprint density at radius 3 is 1.22 bits per heavy atom. The summed E-state index contributed by atoms with van der Waals surface area (Å²) in [7, 11) is 0. The number of hydrogen-bond donors (Lipinski definition) is 0. The minimum Gasteiger partial charge on any atom is -0.453 e. The molecule has 0 aliphatic heterocycles. The minimum atomic E-state index is -0.298. The average Bonchev–Trinajstić information content (AvgIpc) is 1.71. The lowest BCUT2D eigenvalue weighted by Gasteiger charge is -2.28. The molecule has 1 aliphatic carbocycles. The van der Waals surface area contributed by atoms with E-state index in [0.717, 1.165) is 67.2 Å². The SMILES string of the molecule is CC1(C)c2ccccc2-c2ccc(N(c3ccc(-c4ccccc4)cc3)c3ccc(-c4ccc5c(c4)c4ccccc4n5-c4ccccc4)cc3)cc21.[C-]#[N+]c1nc2c(nc1C#N)c1nc(C#N)c(C#N)nc1c1nc([N+]#[C-])c([N+]#[C-])nc21.c1ccc(-c2ccc(N(c3ccc(-c4ccccc4)cc3)c3cccc4c3oc3c(-c5ccccc5)cc5ccccc5c34)cc2)cc1. The van der Waals surface area contributed by atoms with Gasteiger partial charge in [-0.15, -0.1) is 15.0 Å². The van der Waals surface area contributed by atoms with Gasteiger partial charge < -0.3 is 33.3 Å². The highest BCUT2D eigenvalue weighted by Gasteiger charge is 2.37. The number of para-hydroxylation sites is 3. The van der Waals surface area contributed by atoms with Crippen LogP contribution in [-0.2, 0) is 5.41 Å². The molecular formula is C115H69N15O. The Morgan fingerprint density at radius 2 is 0.695 bits per heavy atom. The molecule has 0 amide bonds. The van der Waals surface area contributed by atoms with Gasteiger partial charge in [0.2, 0.25) is 11.0 Å². The Hall–Kier alpha value is -18.8. The van der Waals surface area contributed by atoms with Gasteiger partial charge in [0.25, 0.3) is 17.2 Å². The Morgan fingerprint density at radius 1 is 0.298 bits per heavy atom. The molecule has 0 atom stereocenters. The van der Waals surface area contributed by atoms with Crippen LogP contribution < -0.4 is 9.80 Å². The van der Waals surface area contributed by atoms with Crippen molar-refractivity contribution in [2.75, 3.05) is 9.80 Å². The van der Waals surface area contributed by atoms with Crippen molar-refractivity contribution in [3.05, 3.63) is 445 Å². The first-order valence-electron chi connectivity index (χ1n) is 42.5. The molecule has 23 rings (SSSR count). The van der Waals surface area contributed by atoms with Gasteiger partial charge >= 0.3 is 5.82 Å². The highest BCUT2D eigenvalue weighted by Crippen LogP contribution is 2.53. The van der Waals surface area contributed by atoms with Crippen molar-refractivity contribution in [2.45, 2.75) is 19.3 Å². The summed E-state index contributed by atoms with van der Waals surface area (Å²) in [5.41, 5.74) is 28.2. The van der Waals surface area contributed by atoms with E-state index in [0.29, 0.717) is 0 Å². The summed E-state index contributed by atoms with van der Waals surface area (Å²) in [6.07, 6.45) is 0. The number of nitriles is 3. The molecule has 17 aromatic carbocycles. The number of aromatic nitrogens is 7. The van der Waals surface area contributed by atoms with Gasteiger partial charge in [-0.05, 0) is 186 Å². The van der Waals surface area contributed by atoms with E-state index in [1.165, 1.54) is 105 Å². The quantitative estimate of drug-likeness (QED) is 0.0833. The molecule has 131 heavy (non-hydrogen) atoms. The van der Waals surface area contributed by atoms with Crippen LogP contribution in [0.2, 0.25) is 0 Å². The maximum Gasteiger partial charge on any atom is 0.307 e. The minimum absolute atomic E-state index is 0.000622. The second kappa shape index (κ2) is 33.3. The topological polar surface area (TPSA) is 186 Å². The zero-order valence-corrected chi connectivity index (χ0v) is 70.5. The normalized spacial score (nSPS) is 11.6. The van der Waals surface area contributed by atoms with Gasteiger partial charge in [0.1, 0.15) is 40.3 Å². The summed E-state index contributed by atoms with van der Waals surface area (Å²) in [6, 6.07) is 143. The molecule has 0 saturated carbocycles. The molecule has 1 aliphatic rings. The number of fused-ring (bicyclic) bond motifs is 17. The highest BCUT2D eigenvalue weighted by atomic mass is 16.3. The number of hydrogen-bond acceptors (Lipinski definition) is 12. The molecule has 0 radical (unpaired) electrons. The zero-order chi connectivity index (χ0) is 88.8. The lowest BCUT2D eigenvalue weighted by molar-refractivity contribution is 0.660. The fraction of sp³-hybridized carbons (Fsp3) is 0.0261. The van der Waals surface area contributed by atoms with E-state index < -0.39 is 0 Å². The van der Waals surface area contributed by atoms with Crippen LogP contribution in [0, 0.1) is 53.7 Å². The molecule has 0 unspecified atom stereocenters. The largest absolute Gasteiger partial charge is 0.453 e. The van der Waals surface area contributed by atoms with E-state index >= 15 is 0 Å². The Bertz CT molecular complexity index is 8160. The van der Waals surface area contributed by atoms with Crippen LogP contribution in [0.15, 0.2) is 387 Å². The molecule has 0 bridgehead atoms. The van der Waals surface area contributed by atoms with Crippen molar-refractivity contribution in [3.63, 3.8) is 0 Å². The van der Waals surface area contributed by atoms with Crippen molar-refractivity contribution >= 4 is 139 Å². The fourth-order valence-corrected chi connectivity index (χ4v) is 18.2. The Balaban J connectivity index is 0.000000123. The molecule has 16 heteroatoms. The summed E-state index contributed by atoms with van der Waals surface area (Å²) < 4.78 is 9.42. The van der Waals surface area contributed by atoms with Crippen LogP contribution in [0.5, 0.6) is 0 Å². The maximum atomic E-state index is 9.30. The monoisotopic (exact) mass is 1680 g/mol. The van der Waals surface area contributed by atoms with Gasteiger partial charge in [0, 0.05) is 66.6 Å². The molecule has 16 nitrogen and oxygen atoms in total. The van der Waals surface area contributed by atoms with Gasteiger partial charge in [-0.1, -0.05) is 313 Å². The predicted octanol–water partition coefficient (Wildman–Crippen LogP) is 29.9. The maximum absolute atomic E-state index is 9.30. The second-order valence-electron chi connectivity index (χ2n) is 32.2. The molecule has 0 saturated heterocycles. The molecule has 610 valence electrons. The number of anilines is 6. The van der Waals surface area contributed by atoms with Gasteiger partial charge in [-0.25, -0.2) is 15.0 Å². The first-order valence-corrected chi connectivity index (χ1v) is 42.5. The summed E-state index contributed by atoms with van der Waals surface area (Å²) >= 11 is 0. The van der Waals surface area contributed by atoms with Crippen LogP contribution in [0.1, 0.15) is 42.1 Å². The van der Waals surface area contributed by atoms with Crippen LogP contribution in [0.3, 0.4) is 0 Å². The van der Waals surface area contributed by atoms with Crippen LogP contribution in [0.4, 0.5) is 51.6 Å². The highest BCUT2D eigenvalue weighted by molar-refractivity contribution is 6.25. The first kappa shape index (κ1) is 79.3. The van der Waals surface area contributed by atoms with E-state index in [1.807, 2.05) is 0 Å². The van der Waals surface area contributed by atoms with Crippen molar-refractivity contribution in [3.8, 4) is 90.7 Å². The third-order valence-corrected chi connectivity index (χ3v) is 24.4. The second-order valence-corrected chi connectivity index (χ2v) is 32.2. The van der Waals surface area contributed by atoms with E-state index in [1.54, 1.807) is 18.2 Å². The Labute approximate surface area is 753 Å². The number of rotatable bonds is 12. The third-order valence-electron chi connectivity index (χ3n) is 24.4. The van der Waals surface area contributed by atoms with E-state index in [-0.39, 0.29) is 73.1 Å². The van der Waals surface area contributed by atoms with Gasteiger partial charge in [0.05, 0.1) is 16.7 Å². The molecular weight excluding hydrogens is 1610 g/mol. The summed E-state index contributed by atoms with van der Waals surface area (Å²) in [5, 5.41) is 35.0. The zero-order valence-electron chi connectivity index (χ0n) is 70.5. The summed E-state index contributed by atoms with van der Waals surface area (Å²) in [5.74, 6) is -0.890. The molecule has 5 heterocycles. The van der Waals surface area contributed by atoms with Crippen LogP contribution in [-0.4, -0.2) is 34.5 Å². The molecule has 0 N–H and O–H groups in total. The van der Waals surface area contributed by atoms with Crippen molar-refractivity contribution in [1.29, 1.82) is 15.8 Å². The third kappa shape index (κ3) is 14.1. The number of nitrogens with zero attached hydrogens (tertiary/aromatic N) is 15. The average molecular weight is 1680 g/mol. The molecule has 5 aromatic heterocycles. The lowest BCUT2D eigenvalue weighted by Crippen LogP contribution is -2.16. The van der Waals surface area contributed by atoms with Gasteiger partial charge in [-0.3, -0.25) is 0 Å². The summed E-state index contributed by atoms with van der Waals surface area (Å²) in [4.78, 5) is 39.1. The molecule has 0 fully saturated rings. The van der Waals surface area contributed by atoms with Crippen molar-refractivity contribution < 1.29 is 4.42 Å².